The first-order chi connectivity index (χ1) is 12.3. The van der Waals surface area contributed by atoms with Crippen LogP contribution in [-0.2, 0) is 0 Å². The summed E-state index contributed by atoms with van der Waals surface area (Å²) >= 11 is 5.09. The number of hydrazone groups is 1. The van der Waals surface area contributed by atoms with Gasteiger partial charge in [0, 0.05) is 22.2 Å². The summed E-state index contributed by atoms with van der Waals surface area (Å²) in [6, 6.07) is 13.8. The van der Waals surface area contributed by atoms with Crippen LogP contribution in [0, 0.1) is 0 Å². The third-order valence-electron chi connectivity index (χ3n) is 3.75. The second-order valence-corrected chi connectivity index (χ2v) is 7.45. The fourth-order valence-electron chi connectivity index (χ4n) is 2.53. The molecule has 0 fully saturated rings. The number of hydrogen-bond acceptors (Lipinski definition) is 5. The average molecular weight is 418 g/mol. The predicted octanol–water partition coefficient (Wildman–Crippen LogP) is 4.34. The van der Waals surface area contributed by atoms with E-state index in [0.717, 1.165) is 50.3 Å². The minimum atomic E-state index is 0.680. The normalized spacial score (nSPS) is 18.3. The molecule has 25 heavy (non-hydrogen) atoms. The molecular formula is C18H16BrN3O2S. The summed E-state index contributed by atoms with van der Waals surface area (Å²) in [6.45, 7) is 1.37. The van der Waals surface area contributed by atoms with E-state index in [1.807, 2.05) is 42.5 Å². The molecule has 5 nitrogen and oxygen atoms in total. The van der Waals surface area contributed by atoms with Crippen molar-refractivity contribution in [1.82, 2.24) is 5.43 Å². The fourth-order valence-corrected chi connectivity index (χ4v) is 3.70. The van der Waals surface area contributed by atoms with Gasteiger partial charge in [-0.2, -0.15) is 5.10 Å². The van der Waals surface area contributed by atoms with Gasteiger partial charge in [0.15, 0.2) is 16.7 Å². The van der Waals surface area contributed by atoms with Crippen molar-refractivity contribution in [2.75, 3.05) is 19.0 Å². The van der Waals surface area contributed by atoms with Gasteiger partial charge in [0.2, 0.25) is 0 Å². The quantitative estimate of drug-likeness (QED) is 0.789. The van der Waals surface area contributed by atoms with Crippen molar-refractivity contribution in [3.05, 3.63) is 52.5 Å². The van der Waals surface area contributed by atoms with E-state index in [2.05, 4.69) is 31.4 Å². The lowest BCUT2D eigenvalue weighted by atomic mass is 10.1. The molecule has 0 saturated carbocycles. The number of nitrogens with zero attached hydrogens (tertiary/aromatic N) is 2. The van der Waals surface area contributed by atoms with Crippen molar-refractivity contribution in [3.63, 3.8) is 0 Å². The van der Waals surface area contributed by atoms with Gasteiger partial charge in [0.25, 0.3) is 0 Å². The minimum Gasteiger partial charge on any atom is -0.490 e. The maximum atomic E-state index is 5.76. The molecule has 7 heteroatoms. The Hall–Kier alpha value is -1.99. The molecule has 2 aliphatic rings. The molecule has 0 spiro atoms. The molecule has 2 aromatic carbocycles. The van der Waals surface area contributed by atoms with E-state index in [1.54, 1.807) is 11.8 Å². The molecular weight excluding hydrogens is 402 g/mol. The van der Waals surface area contributed by atoms with E-state index < -0.39 is 0 Å². The number of halogens is 1. The van der Waals surface area contributed by atoms with E-state index in [1.165, 1.54) is 0 Å². The lowest BCUT2D eigenvalue weighted by Crippen LogP contribution is -2.25. The molecule has 0 atom stereocenters. The van der Waals surface area contributed by atoms with Crippen LogP contribution in [0.5, 0.6) is 11.5 Å². The zero-order chi connectivity index (χ0) is 17.1. The fraction of sp³-hybridized carbons (Fsp3) is 0.222. The maximum absolute atomic E-state index is 5.76. The number of hydrogen-bond donors (Lipinski definition) is 1. The zero-order valence-corrected chi connectivity index (χ0v) is 15.8. The number of nitrogens with one attached hydrogen (secondary N) is 1. The number of amidine groups is 1. The Bertz CT molecular complexity index is 854. The monoisotopic (exact) mass is 417 g/mol. The van der Waals surface area contributed by atoms with E-state index in [-0.39, 0.29) is 0 Å². The zero-order valence-electron chi connectivity index (χ0n) is 13.4. The van der Waals surface area contributed by atoms with Gasteiger partial charge in [-0.1, -0.05) is 33.8 Å². The van der Waals surface area contributed by atoms with Crippen molar-refractivity contribution in [2.45, 2.75) is 6.42 Å². The minimum absolute atomic E-state index is 0.680. The summed E-state index contributed by atoms with van der Waals surface area (Å²) in [7, 11) is 0. The first kappa shape index (κ1) is 16.5. The highest BCUT2D eigenvalue weighted by Gasteiger charge is 2.17. The predicted molar refractivity (Wildman–Crippen MR) is 105 cm³/mol. The van der Waals surface area contributed by atoms with Gasteiger partial charge < -0.3 is 9.47 Å². The van der Waals surface area contributed by atoms with Crippen LogP contribution < -0.4 is 14.9 Å². The number of rotatable bonds is 2. The summed E-state index contributed by atoms with van der Waals surface area (Å²) in [4.78, 5) is 4.58. The molecule has 0 bridgehead atoms. The van der Waals surface area contributed by atoms with Crippen molar-refractivity contribution >= 4 is 44.3 Å². The van der Waals surface area contributed by atoms with Crippen LogP contribution in [0.1, 0.15) is 12.0 Å². The molecule has 1 N–H and O–H groups in total. The van der Waals surface area contributed by atoms with E-state index in [9.17, 15) is 0 Å². The highest BCUT2D eigenvalue weighted by Crippen LogP contribution is 2.31. The van der Waals surface area contributed by atoms with E-state index in [4.69, 9.17) is 9.47 Å². The lowest BCUT2D eigenvalue weighted by molar-refractivity contribution is 0.297. The smallest absolute Gasteiger partial charge is 0.182 e. The van der Waals surface area contributed by atoms with Gasteiger partial charge in [-0.05, 0) is 36.4 Å². The number of benzene rings is 2. The SMILES string of the molecule is Brc1cccc(N=C2NN=C(c3ccc4c(c3)OCCCO4)CS2)c1. The third kappa shape index (κ3) is 3.99. The Morgan fingerprint density at radius 1 is 1.08 bits per heavy atom. The van der Waals surface area contributed by atoms with Crippen molar-refractivity contribution in [1.29, 1.82) is 0 Å². The van der Waals surface area contributed by atoms with Gasteiger partial charge in [0.1, 0.15) is 0 Å². The van der Waals surface area contributed by atoms with Crippen molar-refractivity contribution < 1.29 is 9.47 Å². The number of aliphatic imine (C=N–C) groups is 1. The third-order valence-corrected chi connectivity index (χ3v) is 5.12. The summed E-state index contributed by atoms with van der Waals surface area (Å²) in [5.74, 6) is 2.34. The van der Waals surface area contributed by atoms with E-state index in [0.29, 0.717) is 13.2 Å². The molecule has 2 heterocycles. The Morgan fingerprint density at radius 3 is 2.76 bits per heavy atom. The molecule has 0 unspecified atom stereocenters. The first-order valence-corrected chi connectivity index (χ1v) is 9.75. The van der Waals surface area contributed by atoms with Crippen LogP contribution >= 0.6 is 27.7 Å². The Labute approximate surface area is 158 Å². The number of thioether (sulfide) groups is 1. The maximum Gasteiger partial charge on any atom is 0.182 e. The van der Waals surface area contributed by atoms with Crippen LogP contribution in [0.25, 0.3) is 0 Å². The second-order valence-electron chi connectivity index (χ2n) is 5.57. The summed E-state index contributed by atoms with van der Waals surface area (Å²) in [5, 5.41) is 5.27. The lowest BCUT2D eigenvalue weighted by Gasteiger charge is -2.16. The molecule has 0 radical (unpaired) electrons. The largest absolute Gasteiger partial charge is 0.490 e. The van der Waals surface area contributed by atoms with Crippen LogP contribution in [0.3, 0.4) is 0 Å². The molecule has 4 rings (SSSR count). The summed E-state index contributed by atoms with van der Waals surface area (Å²) in [6.07, 6.45) is 0.901. The van der Waals surface area contributed by atoms with Gasteiger partial charge in [-0.25, -0.2) is 4.99 Å². The van der Waals surface area contributed by atoms with Gasteiger partial charge in [-0.3, -0.25) is 5.43 Å². The molecule has 2 aliphatic heterocycles. The Morgan fingerprint density at radius 2 is 1.96 bits per heavy atom. The van der Waals surface area contributed by atoms with E-state index >= 15 is 0 Å². The molecule has 0 aliphatic carbocycles. The Balaban J connectivity index is 1.52. The van der Waals surface area contributed by atoms with Crippen LogP contribution in [0.4, 0.5) is 5.69 Å². The summed E-state index contributed by atoms with van der Waals surface area (Å²) in [5.41, 5.74) is 5.93. The molecule has 2 aromatic rings. The second kappa shape index (κ2) is 7.49. The van der Waals surface area contributed by atoms with Crippen LogP contribution in [-0.4, -0.2) is 29.8 Å². The van der Waals surface area contributed by atoms with Crippen molar-refractivity contribution in [3.8, 4) is 11.5 Å². The van der Waals surface area contributed by atoms with Crippen molar-refractivity contribution in [2.24, 2.45) is 10.1 Å². The standard InChI is InChI=1S/C18H16BrN3O2S/c19-13-3-1-4-14(10-13)20-18-22-21-15(11-25-18)12-5-6-16-17(9-12)24-8-2-7-23-16/h1,3-6,9-10H,2,7-8,11H2,(H,20,22). The first-order valence-electron chi connectivity index (χ1n) is 7.97. The number of ether oxygens (including phenoxy) is 2. The van der Waals surface area contributed by atoms with Gasteiger partial charge >= 0.3 is 0 Å². The molecule has 0 aromatic heterocycles. The van der Waals surface area contributed by atoms with Gasteiger partial charge in [0.05, 0.1) is 24.6 Å². The Kier molecular flexibility index (Phi) is 4.94. The number of fused-ring (bicyclic) bond motifs is 1. The van der Waals surface area contributed by atoms with Crippen LogP contribution in [0.2, 0.25) is 0 Å². The van der Waals surface area contributed by atoms with Crippen LogP contribution in [0.15, 0.2) is 57.0 Å². The van der Waals surface area contributed by atoms with Gasteiger partial charge in [-0.15, -0.1) is 0 Å². The average Bonchev–Trinajstić information content (AvgIpc) is 2.87. The summed E-state index contributed by atoms with van der Waals surface area (Å²) < 4.78 is 12.4. The molecule has 128 valence electrons. The topological polar surface area (TPSA) is 55.2 Å². The molecule has 0 amide bonds. The highest BCUT2D eigenvalue weighted by molar-refractivity contribution is 9.10. The highest BCUT2D eigenvalue weighted by atomic mass is 79.9. The molecule has 0 saturated heterocycles.